The standard InChI is InChI=1S/C29H26N2O5/c32-27(20-9-14-23-24(17-20)36-18-35-23)25-26(19-7-3-1-4-8-19)31(29(34)28(25)33)22-12-10-21(11-13-22)30-15-5-2-6-16-30/h1,3-4,7-14,17,26,32H,2,5-6,15-16,18H2/b27-25-. The minimum Gasteiger partial charge on any atom is -0.507 e. The lowest BCUT2D eigenvalue weighted by molar-refractivity contribution is -0.132. The number of hydrogen-bond acceptors (Lipinski definition) is 6. The van der Waals surface area contributed by atoms with Crippen LogP contribution in [0.15, 0.2) is 78.4 Å². The van der Waals surface area contributed by atoms with E-state index in [0.29, 0.717) is 22.7 Å². The molecule has 0 bridgehead atoms. The lowest BCUT2D eigenvalue weighted by Gasteiger charge is -2.30. The maximum absolute atomic E-state index is 13.4. The van der Waals surface area contributed by atoms with E-state index in [4.69, 9.17) is 9.47 Å². The number of anilines is 2. The number of carbonyl (C=O) groups is 2. The summed E-state index contributed by atoms with van der Waals surface area (Å²) >= 11 is 0. The van der Waals surface area contributed by atoms with Crippen LogP contribution >= 0.6 is 0 Å². The van der Waals surface area contributed by atoms with Gasteiger partial charge < -0.3 is 19.5 Å². The average molecular weight is 483 g/mol. The molecule has 0 aliphatic carbocycles. The second-order valence-corrected chi connectivity index (χ2v) is 9.21. The van der Waals surface area contributed by atoms with Crippen LogP contribution in [0.4, 0.5) is 11.4 Å². The van der Waals surface area contributed by atoms with Gasteiger partial charge in [0, 0.05) is 30.0 Å². The maximum Gasteiger partial charge on any atom is 0.300 e. The maximum atomic E-state index is 13.4. The van der Waals surface area contributed by atoms with Crippen LogP contribution in [0.5, 0.6) is 11.5 Å². The molecule has 1 amide bonds. The van der Waals surface area contributed by atoms with Crippen LogP contribution in [0.2, 0.25) is 0 Å². The molecule has 1 unspecified atom stereocenters. The van der Waals surface area contributed by atoms with E-state index in [-0.39, 0.29) is 18.1 Å². The minimum absolute atomic E-state index is 0.0465. The van der Waals surface area contributed by atoms with Crippen LogP contribution in [0, 0.1) is 0 Å². The van der Waals surface area contributed by atoms with Crippen molar-refractivity contribution in [3.8, 4) is 11.5 Å². The van der Waals surface area contributed by atoms with Gasteiger partial charge in [-0.1, -0.05) is 30.3 Å². The largest absolute Gasteiger partial charge is 0.507 e. The molecule has 2 fully saturated rings. The molecule has 182 valence electrons. The number of nitrogens with zero attached hydrogens (tertiary/aromatic N) is 2. The average Bonchev–Trinajstić information content (AvgIpc) is 3.51. The first kappa shape index (κ1) is 22.2. The van der Waals surface area contributed by atoms with Crippen molar-refractivity contribution < 1.29 is 24.2 Å². The lowest BCUT2D eigenvalue weighted by atomic mass is 9.95. The number of piperidine rings is 1. The Hall–Kier alpha value is -4.26. The summed E-state index contributed by atoms with van der Waals surface area (Å²) in [7, 11) is 0. The Labute approximate surface area is 209 Å². The number of aliphatic hydroxyl groups excluding tert-OH is 1. The molecule has 3 aliphatic heterocycles. The lowest BCUT2D eigenvalue weighted by Crippen LogP contribution is -2.30. The number of rotatable bonds is 4. The van der Waals surface area contributed by atoms with Crippen molar-refractivity contribution in [2.24, 2.45) is 0 Å². The number of ether oxygens (including phenoxy) is 2. The fourth-order valence-electron chi connectivity index (χ4n) is 5.23. The third-order valence-electron chi connectivity index (χ3n) is 7.05. The number of aliphatic hydroxyl groups is 1. The smallest absolute Gasteiger partial charge is 0.300 e. The van der Waals surface area contributed by atoms with Gasteiger partial charge in [-0.2, -0.15) is 0 Å². The zero-order chi connectivity index (χ0) is 24.6. The van der Waals surface area contributed by atoms with Crippen molar-refractivity contribution in [3.63, 3.8) is 0 Å². The van der Waals surface area contributed by atoms with Crippen molar-refractivity contribution in [2.75, 3.05) is 29.7 Å². The highest BCUT2D eigenvalue weighted by molar-refractivity contribution is 6.51. The van der Waals surface area contributed by atoms with Gasteiger partial charge in [0.2, 0.25) is 6.79 Å². The summed E-state index contributed by atoms with van der Waals surface area (Å²) in [6.45, 7) is 2.13. The summed E-state index contributed by atoms with van der Waals surface area (Å²) in [5.74, 6) is -0.581. The summed E-state index contributed by atoms with van der Waals surface area (Å²) in [4.78, 5) is 30.6. The van der Waals surface area contributed by atoms with Crippen LogP contribution in [-0.2, 0) is 9.59 Å². The van der Waals surface area contributed by atoms with E-state index in [1.807, 2.05) is 54.6 Å². The van der Waals surface area contributed by atoms with Gasteiger partial charge in [-0.3, -0.25) is 14.5 Å². The van der Waals surface area contributed by atoms with Gasteiger partial charge in [-0.15, -0.1) is 0 Å². The Morgan fingerprint density at radius 3 is 2.25 bits per heavy atom. The first-order valence-electron chi connectivity index (χ1n) is 12.2. The molecule has 3 aromatic rings. The van der Waals surface area contributed by atoms with Gasteiger partial charge in [-0.05, 0) is 67.3 Å². The van der Waals surface area contributed by atoms with Crippen LogP contribution in [0.3, 0.4) is 0 Å². The molecule has 2 saturated heterocycles. The molecular weight excluding hydrogens is 456 g/mol. The van der Waals surface area contributed by atoms with E-state index in [1.165, 1.54) is 24.2 Å². The van der Waals surface area contributed by atoms with E-state index < -0.39 is 17.7 Å². The first-order chi connectivity index (χ1) is 17.6. The Morgan fingerprint density at radius 2 is 1.50 bits per heavy atom. The molecule has 0 aromatic heterocycles. The highest BCUT2D eigenvalue weighted by Crippen LogP contribution is 2.43. The van der Waals surface area contributed by atoms with E-state index in [2.05, 4.69) is 4.90 Å². The summed E-state index contributed by atoms with van der Waals surface area (Å²) in [5, 5.41) is 11.3. The number of amides is 1. The van der Waals surface area contributed by atoms with Crippen molar-refractivity contribution in [1.82, 2.24) is 0 Å². The number of fused-ring (bicyclic) bond motifs is 1. The third kappa shape index (κ3) is 3.77. The molecule has 0 spiro atoms. The molecule has 7 heteroatoms. The Kier molecular flexibility index (Phi) is 5.60. The van der Waals surface area contributed by atoms with Crippen LogP contribution in [0.1, 0.15) is 36.4 Å². The number of hydrogen-bond donors (Lipinski definition) is 1. The molecular formula is C29H26N2O5. The highest BCUT2D eigenvalue weighted by atomic mass is 16.7. The Morgan fingerprint density at radius 1 is 0.806 bits per heavy atom. The molecule has 0 radical (unpaired) electrons. The van der Waals surface area contributed by atoms with Crippen LogP contribution in [-0.4, -0.2) is 36.7 Å². The Balaban J connectivity index is 1.43. The zero-order valence-corrected chi connectivity index (χ0v) is 19.7. The number of benzene rings is 3. The van der Waals surface area contributed by atoms with Crippen molar-refractivity contribution in [3.05, 3.63) is 89.5 Å². The zero-order valence-electron chi connectivity index (χ0n) is 19.7. The molecule has 7 nitrogen and oxygen atoms in total. The predicted molar refractivity (Wildman–Crippen MR) is 136 cm³/mol. The van der Waals surface area contributed by atoms with Crippen molar-refractivity contribution >= 4 is 28.8 Å². The fraction of sp³-hybridized carbons (Fsp3) is 0.241. The molecule has 1 atom stereocenters. The summed E-state index contributed by atoms with van der Waals surface area (Å²) in [6, 6.07) is 21.3. The minimum atomic E-state index is -0.766. The molecule has 6 rings (SSSR count). The highest BCUT2D eigenvalue weighted by Gasteiger charge is 2.47. The molecule has 3 aromatic carbocycles. The molecule has 36 heavy (non-hydrogen) atoms. The van der Waals surface area contributed by atoms with Gasteiger partial charge in [0.05, 0.1) is 11.6 Å². The van der Waals surface area contributed by atoms with Crippen molar-refractivity contribution in [2.45, 2.75) is 25.3 Å². The number of ketones is 1. The van der Waals surface area contributed by atoms with Crippen molar-refractivity contribution in [1.29, 1.82) is 0 Å². The molecule has 3 aliphatic rings. The second kappa shape index (κ2) is 9.07. The second-order valence-electron chi connectivity index (χ2n) is 9.21. The molecule has 1 N–H and O–H groups in total. The topological polar surface area (TPSA) is 79.3 Å². The van der Waals surface area contributed by atoms with Crippen LogP contribution < -0.4 is 19.3 Å². The van der Waals surface area contributed by atoms with E-state index in [9.17, 15) is 14.7 Å². The Bertz CT molecular complexity index is 1340. The number of carbonyl (C=O) groups excluding carboxylic acids is 2. The third-order valence-corrected chi connectivity index (χ3v) is 7.05. The summed E-state index contributed by atoms with van der Waals surface area (Å²) in [6.07, 6.45) is 3.59. The van der Waals surface area contributed by atoms with E-state index in [1.54, 1.807) is 18.2 Å². The first-order valence-corrected chi connectivity index (χ1v) is 12.2. The monoisotopic (exact) mass is 482 g/mol. The van der Waals surface area contributed by atoms with Crippen LogP contribution in [0.25, 0.3) is 5.76 Å². The van der Waals surface area contributed by atoms with Gasteiger partial charge in [0.15, 0.2) is 11.5 Å². The van der Waals surface area contributed by atoms with Gasteiger partial charge in [-0.25, -0.2) is 0 Å². The van der Waals surface area contributed by atoms with E-state index in [0.717, 1.165) is 24.3 Å². The summed E-state index contributed by atoms with van der Waals surface area (Å²) < 4.78 is 10.8. The molecule has 0 saturated carbocycles. The van der Waals surface area contributed by atoms with Gasteiger partial charge >= 0.3 is 0 Å². The summed E-state index contributed by atoms with van der Waals surface area (Å²) in [5.41, 5.74) is 2.88. The normalized spacial score (nSPS) is 20.7. The SMILES string of the molecule is O=C1C(=O)N(c2ccc(N3CCCCC3)cc2)C(c2ccccc2)/C1=C(/O)c1ccc2c(c1)OCO2. The van der Waals surface area contributed by atoms with Gasteiger partial charge in [0.25, 0.3) is 11.7 Å². The van der Waals surface area contributed by atoms with Gasteiger partial charge in [0.1, 0.15) is 5.76 Å². The number of Topliss-reactive ketones (excluding diaryl/α,β-unsaturated/α-hetero) is 1. The fourth-order valence-corrected chi connectivity index (χ4v) is 5.23. The van der Waals surface area contributed by atoms with E-state index >= 15 is 0 Å². The molecule has 3 heterocycles. The quantitative estimate of drug-likeness (QED) is 0.319. The predicted octanol–water partition coefficient (Wildman–Crippen LogP) is 5.03.